The van der Waals surface area contributed by atoms with Gasteiger partial charge in [0.05, 0.1) is 18.4 Å². The Balaban J connectivity index is 1.56. The molecule has 0 saturated heterocycles. The van der Waals surface area contributed by atoms with Gasteiger partial charge < -0.3 is 19.6 Å². The third-order valence-electron chi connectivity index (χ3n) is 3.54. The summed E-state index contributed by atoms with van der Waals surface area (Å²) in [5.41, 5.74) is 0.598. The van der Waals surface area contributed by atoms with Gasteiger partial charge in [-0.2, -0.15) is 0 Å². The average molecular weight is 361 g/mol. The van der Waals surface area contributed by atoms with Crippen LogP contribution in [0, 0.1) is 11.6 Å². The number of ether oxygens (including phenoxy) is 1. The van der Waals surface area contributed by atoms with Crippen LogP contribution in [0.2, 0.25) is 0 Å². The van der Waals surface area contributed by atoms with E-state index in [-0.39, 0.29) is 17.9 Å². The van der Waals surface area contributed by atoms with E-state index in [1.165, 1.54) is 18.4 Å². The number of hydrogen-bond acceptors (Lipinski definition) is 5. The van der Waals surface area contributed by atoms with Crippen LogP contribution in [0.25, 0.3) is 11.0 Å². The molecule has 3 rings (SSSR count). The molecule has 0 spiro atoms. The number of halogens is 2. The summed E-state index contributed by atoms with van der Waals surface area (Å²) in [7, 11) is 0. The third-order valence-corrected chi connectivity index (χ3v) is 3.54. The van der Waals surface area contributed by atoms with Gasteiger partial charge in [-0.3, -0.25) is 9.59 Å². The van der Waals surface area contributed by atoms with E-state index >= 15 is 0 Å². The smallest absolute Gasteiger partial charge is 0.310 e. The van der Waals surface area contributed by atoms with Crippen LogP contribution < -0.4 is 5.32 Å². The van der Waals surface area contributed by atoms with E-state index < -0.39 is 30.1 Å². The van der Waals surface area contributed by atoms with E-state index in [2.05, 4.69) is 5.32 Å². The Hall–Kier alpha value is -3.42. The second-order valence-electron chi connectivity index (χ2n) is 5.45. The van der Waals surface area contributed by atoms with Gasteiger partial charge in [0.2, 0.25) is 0 Å². The van der Waals surface area contributed by atoms with E-state index in [0.29, 0.717) is 16.5 Å². The number of anilines is 1. The van der Waals surface area contributed by atoms with Crippen molar-refractivity contribution in [2.24, 2.45) is 0 Å². The van der Waals surface area contributed by atoms with Crippen molar-refractivity contribution in [2.75, 3.05) is 11.9 Å². The van der Waals surface area contributed by atoms with Gasteiger partial charge in [0.1, 0.15) is 23.0 Å². The molecule has 0 fully saturated rings. The number of phenolic OH excluding ortho intramolecular Hbond substituents is 1. The molecule has 0 radical (unpaired) electrons. The normalized spacial score (nSPS) is 10.7. The topological polar surface area (TPSA) is 88.8 Å². The minimum absolute atomic E-state index is 0.0298. The molecule has 0 aliphatic carbocycles. The molecule has 0 unspecified atom stereocenters. The van der Waals surface area contributed by atoms with Gasteiger partial charge in [-0.1, -0.05) is 0 Å². The molecule has 0 aliphatic rings. The number of phenols is 1. The van der Waals surface area contributed by atoms with Gasteiger partial charge in [0, 0.05) is 23.1 Å². The summed E-state index contributed by atoms with van der Waals surface area (Å²) >= 11 is 0. The summed E-state index contributed by atoms with van der Waals surface area (Å²) in [5.74, 6) is -2.99. The summed E-state index contributed by atoms with van der Waals surface area (Å²) in [6.45, 7) is -0.647. The summed E-state index contributed by atoms with van der Waals surface area (Å²) < 4.78 is 36.6. The molecule has 26 heavy (non-hydrogen) atoms. The Labute approximate surface area is 146 Å². The Kier molecular flexibility index (Phi) is 4.83. The maximum Gasteiger partial charge on any atom is 0.310 e. The van der Waals surface area contributed by atoms with Gasteiger partial charge >= 0.3 is 5.97 Å². The van der Waals surface area contributed by atoms with Gasteiger partial charge in [0.25, 0.3) is 5.91 Å². The number of rotatable bonds is 5. The summed E-state index contributed by atoms with van der Waals surface area (Å²) in [4.78, 5) is 23.6. The van der Waals surface area contributed by atoms with E-state index in [0.717, 1.165) is 18.2 Å². The molecule has 0 bridgehead atoms. The summed E-state index contributed by atoms with van der Waals surface area (Å²) in [6, 6.07) is 7.07. The zero-order chi connectivity index (χ0) is 18.7. The number of aromatic hydroxyl groups is 1. The van der Waals surface area contributed by atoms with Crippen LogP contribution in [0.4, 0.5) is 14.5 Å². The predicted octanol–water partition coefficient (Wildman–Crippen LogP) is 3.14. The maximum atomic E-state index is 13.4. The fourth-order valence-corrected chi connectivity index (χ4v) is 2.34. The predicted molar refractivity (Wildman–Crippen MR) is 87.5 cm³/mol. The van der Waals surface area contributed by atoms with E-state index in [1.54, 1.807) is 6.07 Å². The highest BCUT2D eigenvalue weighted by atomic mass is 19.1. The van der Waals surface area contributed by atoms with Crippen LogP contribution in [-0.4, -0.2) is 23.6 Å². The number of hydrogen-bond donors (Lipinski definition) is 2. The molecule has 3 aromatic rings. The fraction of sp³-hybridized carbons (Fsp3) is 0.111. The Morgan fingerprint density at radius 3 is 2.77 bits per heavy atom. The van der Waals surface area contributed by atoms with Crippen molar-refractivity contribution in [1.82, 2.24) is 0 Å². The maximum absolute atomic E-state index is 13.4. The molecule has 0 atom stereocenters. The zero-order valence-electron chi connectivity index (χ0n) is 13.3. The van der Waals surface area contributed by atoms with Crippen LogP contribution in [0.3, 0.4) is 0 Å². The highest BCUT2D eigenvalue weighted by Crippen LogP contribution is 2.25. The Bertz CT molecular complexity index is 983. The number of carbonyl (C=O) groups is 2. The number of esters is 1. The second kappa shape index (κ2) is 7.22. The van der Waals surface area contributed by atoms with Crippen LogP contribution in [0.1, 0.15) is 5.56 Å². The van der Waals surface area contributed by atoms with Crippen molar-refractivity contribution in [3.8, 4) is 5.75 Å². The van der Waals surface area contributed by atoms with Gasteiger partial charge in [-0.15, -0.1) is 0 Å². The summed E-state index contributed by atoms with van der Waals surface area (Å²) in [5, 5.41) is 12.1. The van der Waals surface area contributed by atoms with Crippen molar-refractivity contribution in [3.63, 3.8) is 0 Å². The van der Waals surface area contributed by atoms with E-state index in [4.69, 9.17) is 9.15 Å². The molecule has 1 heterocycles. The van der Waals surface area contributed by atoms with Crippen molar-refractivity contribution in [1.29, 1.82) is 0 Å². The minimum Gasteiger partial charge on any atom is -0.508 e. The molecule has 2 aromatic carbocycles. The number of furan rings is 1. The Morgan fingerprint density at radius 2 is 1.96 bits per heavy atom. The van der Waals surface area contributed by atoms with Crippen molar-refractivity contribution in [2.45, 2.75) is 6.42 Å². The first-order valence-corrected chi connectivity index (χ1v) is 7.52. The number of carbonyl (C=O) groups excluding carboxylic acids is 2. The molecular formula is C18H13F2NO5. The van der Waals surface area contributed by atoms with E-state index in [1.807, 2.05) is 0 Å². The molecule has 134 valence electrons. The van der Waals surface area contributed by atoms with Gasteiger partial charge in [-0.25, -0.2) is 8.78 Å². The fourth-order valence-electron chi connectivity index (χ4n) is 2.34. The van der Waals surface area contributed by atoms with Gasteiger partial charge in [-0.05, 0) is 24.3 Å². The van der Waals surface area contributed by atoms with E-state index in [9.17, 15) is 23.5 Å². The lowest BCUT2D eigenvalue weighted by molar-refractivity contribution is -0.146. The number of benzene rings is 2. The average Bonchev–Trinajstić information content (AvgIpc) is 2.98. The highest BCUT2D eigenvalue weighted by Gasteiger charge is 2.14. The third kappa shape index (κ3) is 3.97. The van der Waals surface area contributed by atoms with Crippen LogP contribution in [0.15, 0.2) is 47.1 Å². The SMILES string of the molecule is O=C(COC(=O)Cc1coc2cc(O)ccc12)Nc1cc(F)ccc1F. The lowest BCUT2D eigenvalue weighted by atomic mass is 10.1. The number of amides is 1. The largest absolute Gasteiger partial charge is 0.508 e. The molecule has 6 nitrogen and oxygen atoms in total. The molecule has 1 amide bonds. The highest BCUT2D eigenvalue weighted by molar-refractivity contribution is 5.93. The lowest BCUT2D eigenvalue weighted by Gasteiger charge is -2.07. The molecule has 0 saturated carbocycles. The van der Waals surface area contributed by atoms with Crippen molar-refractivity contribution >= 4 is 28.5 Å². The quantitative estimate of drug-likeness (QED) is 0.682. The van der Waals surface area contributed by atoms with Crippen molar-refractivity contribution in [3.05, 3.63) is 59.9 Å². The molecular weight excluding hydrogens is 348 g/mol. The van der Waals surface area contributed by atoms with Crippen molar-refractivity contribution < 1.29 is 32.6 Å². The second-order valence-corrected chi connectivity index (χ2v) is 5.45. The first-order chi connectivity index (χ1) is 12.4. The number of nitrogens with one attached hydrogen (secondary N) is 1. The van der Waals surface area contributed by atoms with Crippen LogP contribution in [0.5, 0.6) is 5.75 Å². The van der Waals surface area contributed by atoms with Gasteiger partial charge in [0.15, 0.2) is 6.61 Å². The monoisotopic (exact) mass is 361 g/mol. The lowest BCUT2D eigenvalue weighted by Crippen LogP contribution is -2.22. The molecule has 0 aliphatic heterocycles. The first kappa shape index (κ1) is 17.4. The summed E-state index contributed by atoms with van der Waals surface area (Å²) in [6.07, 6.45) is 1.20. The molecule has 2 N–H and O–H groups in total. The molecule has 1 aromatic heterocycles. The first-order valence-electron chi connectivity index (χ1n) is 7.52. The Morgan fingerprint density at radius 1 is 1.15 bits per heavy atom. The minimum atomic E-state index is -0.806. The standard InChI is InChI=1S/C18H13F2NO5/c19-11-1-4-14(20)15(6-11)21-17(23)9-26-18(24)5-10-8-25-16-7-12(22)2-3-13(10)16/h1-4,6-8,22H,5,9H2,(H,21,23). The van der Waals surface area contributed by atoms with Crippen LogP contribution in [-0.2, 0) is 20.7 Å². The zero-order valence-corrected chi connectivity index (χ0v) is 13.3. The van der Waals surface area contributed by atoms with Crippen LogP contribution >= 0.6 is 0 Å². The number of fused-ring (bicyclic) bond motifs is 1. The molecule has 8 heteroatoms.